The molecule has 2 saturated heterocycles. The fourth-order valence-corrected chi connectivity index (χ4v) is 6.13. The zero-order chi connectivity index (χ0) is 29.4. The maximum absolute atomic E-state index is 14.1. The predicted molar refractivity (Wildman–Crippen MR) is 146 cm³/mol. The van der Waals surface area contributed by atoms with Crippen molar-refractivity contribution in [3.8, 4) is 0 Å². The van der Waals surface area contributed by atoms with Gasteiger partial charge in [0.2, 0.25) is 24.0 Å². The fraction of sp³-hybridized carbons (Fsp3) is 0.607. The smallest absolute Gasteiger partial charge is 0.310 e. The molecule has 40 heavy (non-hydrogen) atoms. The molecule has 2 bridgehead atoms. The highest BCUT2D eigenvalue weighted by atomic mass is 35.5. The van der Waals surface area contributed by atoms with Crippen LogP contribution in [-0.2, 0) is 28.7 Å². The van der Waals surface area contributed by atoms with Crippen LogP contribution >= 0.6 is 11.6 Å². The molecule has 0 aromatic heterocycles. The van der Waals surface area contributed by atoms with E-state index in [1.807, 2.05) is 20.8 Å². The molecule has 1 saturated carbocycles. The fourth-order valence-electron chi connectivity index (χ4n) is 5.87. The van der Waals surface area contributed by atoms with E-state index in [4.69, 9.17) is 21.1 Å². The van der Waals surface area contributed by atoms with E-state index in [1.54, 1.807) is 17.9 Å². The molecule has 2 aliphatic heterocycles. The molecule has 1 aromatic rings. The number of carbonyl (C=O) groups is 5. The first-order chi connectivity index (χ1) is 18.8. The molecule has 2 unspecified atom stereocenters. The number of ether oxygens (including phenoxy) is 2. The number of cyclic esters (lactones) is 1. The van der Waals surface area contributed by atoms with Crippen molar-refractivity contribution in [3.63, 3.8) is 0 Å². The molecule has 2 heterocycles. The van der Waals surface area contributed by atoms with Crippen molar-refractivity contribution in [3.05, 3.63) is 28.8 Å². The van der Waals surface area contributed by atoms with E-state index >= 15 is 0 Å². The van der Waals surface area contributed by atoms with Crippen molar-refractivity contribution in [2.75, 3.05) is 11.9 Å². The lowest BCUT2D eigenvalue weighted by Gasteiger charge is -2.40. The van der Waals surface area contributed by atoms with Crippen molar-refractivity contribution in [2.45, 2.75) is 90.8 Å². The molecule has 6 atom stereocenters. The average molecular weight is 577 g/mol. The first-order valence-corrected chi connectivity index (χ1v) is 14.0. The summed E-state index contributed by atoms with van der Waals surface area (Å²) in [5, 5.41) is 8.48. The van der Waals surface area contributed by atoms with E-state index in [2.05, 4.69) is 16.0 Å². The van der Waals surface area contributed by atoms with Crippen molar-refractivity contribution < 1.29 is 33.4 Å². The van der Waals surface area contributed by atoms with Crippen molar-refractivity contribution in [1.29, 1.82) is 0 Å². The summed E-state index contributed by atoms with van der Waals surface area (Å²) in [7, 11) is 0. The van der Waals surface area contributed by atoms with E-state index in [1.165, 1.54) is 19.1 Å². The van der Waals surface area contributed by atoms with Gasteiger partial charge in [0.1, 0.15) is 18.1 Å². The minimum absolute atomic E-state index is 0.00662. The molecule has 0 spiro atoms. The number of nitrogens with zero attached hydrogens (tertiary/aromatic N) is 1. The maximum Gasteiger partial charge on any atom is 0.310 e. The molecule has 3 aliphatic rings. The van der Waals surface area contributed by atoms with Crippen LogP contribution < -0.4 is 16.0 Å². The second-order valence-electron chi connectivity index (χ2n) is 11.7. The number of carbonyl (C=O) groups excluding carboxylic acids is 5. The molecule has 218 valence electrons. The zero-order valence-electron chi connectivity index (χ0n) is 23.4. The van der Waals surface area contributed by atoms with Gasteiger partial charge in [-0.2, -0.15) is 0 Å². The minimum Gasteiger partial charge on any atom is -0.433 e. The number of hydrogen-bond donors (Lipinski definition) is 3. The lowest BCUT2D eigenvalue weighted by molar-refractivity contribution is -0.165. The standard InChI is InChI=1S/C28H37ClN4O7/c1-6-39-27-20(13-21(35)40-27)31-25(37)22-15-7-9-17(11-15)33(22)26(38)23(28(3,4)5)32-24(36)18-10-8-16(12-19(18)29)30-14(2)34/h8,10,12,15,17,20,22-23,27H,6-7,9,11,13H2,1-5H3,(H,30,34)(H,31,37)(H,32,36)/t15-,17?,20?,22-,23+,27+/m0/s1. The van der Waals surface area contributed by atoms with Crippen LogP contribution in [0.4, 0.5) is 5.69 Å². The highest BCUT2D eigenvalue weighted by molar-refractivity contribution is 6.34. The monoisotopic (exact) mass is 576 g/mol. The van der Waals surface area contributed by atoms with E-state index in [9.17, 15) is 24.0 Å². The summed E-state index contributed by atoms with van der Waals surface area (Å²) in [5.41, 5.74) is -0.0902. The Morgan fingerprint density at radius 3 is 2.55 bits per heavy atom. The number of halogens is 1. The van der Waals surface area contributed by atoms with Gasteiger partial charge < -0.3 is 30.3 Å². The van der Waals surface area contributed by atoms with Crippen LogP contribution in [-0.4, -0.2) is 71.6 Å². The predicted octanol–water partition coefficient (Wildman–Crippen LogP) is 2.62. The number of fused-ring (bicyclic) bond motifs is 2. The Hall–Kier alpha value is -3.18. The van der Waals surface area contributed by atoms with E-state index < -0.39 is 41.7 Å². The van der Waals surface area contributed by atoms with Gasteiger partial charge in [-0.3, -0.25) is 24.0 Å². The van der Waals surface area contributed by atoms with Gasteiger partial charge >= 0.3 is 5.97 Å². The van der Waals surface area contributed by atoms with Crippen LogP contribution in [0, 0.1) is 11.3 Å². The molecule has 12 heteroatoms. The number of amides is 4. The van der Waals surface area contributed by atoms with Gasteiger partial charge in [-0.05, 0) is 55.7 Å². The quantitative estimate of drug-likeness (QED) is 0.404. The number of likely N-dealkylation sites (tertiary alicyclic amines) is 1. The molecule has 0 radical (unpaired) electrons. The normalized spacial score (nSPS) is 26.3. The van der Waals surface area contributed by atoms with Crippen LogP contribution in [0.15, 0.2) is 18.2 Å². The number of nitrogens with one attached hydrogen (secondary N) is 3. The lowest BCUT2D eigenvalue weighted by Crippen LogP contribution is -2.62. The summed E-state index contributed by atoms with van der Waals surface area (Å²) in [6.45, 7) is 8.98. The number of hydrogen-bond acceptors (Lipinski definition) is 7. The second-order valence-corrected chi connectivity index (χ2v) is 12.1. The molecule has 3 N–H and O–H groups in total. The first-order valence-electron chi connectivity index (χ1n) is 13.6. The Bertz CT molecular complexity index is 1200. The van der Waals surface area contributed by atoms with Gasteiger partial charge in [-0.15, -0.1) is 0 Å². The summed E-state index contributed by atoms with van der Waals surface area (Å²) >= 11 is 6.35. The van der Waals surface area contributed by atoms with Gasteiger partial charge in [-0.1, -0.05) is 32.4 Å². The van der Waals surface area contributed by atoms with Crippen LogP contribution in [0.25, 0.3) is 0 Å². The maximum atomic E-state index is 14.1. The molecule has 1 aliphatic carbocycles. The summed E-state index contributed by atoms with van der Waals surface area (Å²) in [5.74, 6) is -2.00. The summed E-state index contributed by atoms with van der Waals surface area (Å²) in [6, 6.07) is 2.07. The van der Waals surface area contributed by atoms with Crippen LogP contribution in [0.3, 0.4) is 0 Å². The van der Waals surface area contributed by atoms with Crippen molar-refractivity contribution in [1.82, 2.24) is 15.5 Å². The third-order valence-corrected chi connectivity index (χ3v) is 7.96. The molecular weight excluding hydrogens is 540 g/mol. The summed E-state index contributed by atoms with van der Waals surface area (Å²) in [6.07, 6.45) is 1.40. The highest BCUT2D eigenvalue weighted by Gasteiger charge is 2.54. The Kier molecular flexibility index (Phi) is 8.75. The molecule has 11 nitrogen and oxygen atoms in total. The highest BCUT2D eigenvalue weighted by Crippen LogP contribution is 2.44. The van der Waals surface area contributed by atoms with Crippen molar-refractivity contribution in [2.24, 2.45) is 11.3 Å². The molecule has 4 rings (SSSR count). The largest absolute Gasteiger partial charge is 0.433 e. The zero-order valence-corrected chi connectivity index (χ0v) is 24.2. The van der Waals surface area contributed by atoms with Crippen LogP contribution in [0.5, 0.6) is 0 Å². The van der Waals surface area contributed by atoms with Gasteiger partial charge in [0.05, 0.1) is 17.0 Å². The molecule has 4 amide bonds. The number of esters is 1. The average Bonchev–Trinajstić information content (AvgIpc) is 3.56. The van der Waals surface area contributed by atoms with Gasteiger partial charge in [0, 0.05) is 25.3 Å². The second kappa shape index (κ2) is 11.7. The number of anilines is 1. The molecule has 3 fully saturated rings. The summed E-state index contributed by atoms with van der Waals surface area (Å²) in [4.78, 5) is 65.9. The van der Waals surface area contributed by atoms with E-state index in [-0.39, 0.29) is 46.7 Å². The van der Waals surface area contributed by atoms with Gasteiger partial charge in [-0.25, -0.2) is 0 Å². The number of rotatable bonds is 8. The van der Waals surface area contributed by atoms with E-state index in [0.717, 1.165) is 12.8 Å². The summed E-state index contributed by atoms with van der Waals surface area (Å²) < 4.78 is 10.7. The van der Waals surface area contributed by atoms with Crippen molar-refractivity contribution >= 4 is 46.9 Å². The Balaban J connectivity index is 1.54. The van der Waals surface area contributed by atoms with Gasteiger partial charge in [0.15, 0.2) is 0 Å². The van der Waals surface area contributed by atoms with E-state index in [0.29, 0.717) is 18.7 Å². The number of piperidine rings is 1. The SMILES string of the molecule is CCO[C@@H]1OC(=O)CC1NC(=O)[C@@H]1[C@H]2CCC(C2)N1C(=O)[C@@H](NC(=O)c1ccc(NC(C)=O)cc1Cl)C(C)(C)C. The minimum atomic E-state index is -0.951. The first kappa shape index (κ1) is 29.8. The third-order valence-electron chi connectivity index (χ3n) is 7.65. The third kappa shape index (κ3) is 6.25. The lowest BCUT2D eigenvalue weighted by atomic mass is 9.84. The Morgan fingerprint density at radius 2 is 1.93 bits per heavy atom. The topological polar surface area (TPSA) is 143 Å². The molecular formula is C28H37ClN4O7. The van der Waals surface area contributed by atoms with Crippen LogP contribution in [0.1, 0.15) is 70.7 Å². The molecule has 1 aromatic carbocycles. The Labute approximate surface area is 238 Å². The van der Waals surface area contributed by atoms with Gasteiger partial charge in [0.25, 0.3) is 5.91 Å². The van der Waals surface area contributed by atoms with Crippen LogP contribution in [0.2, 0.25) is 5.02 Å². The Morgan fingerprint density at radius 1 is 1.20 bits per heavy atom. The number of benzene rings is 1.